The minimum absolute atomic E-state index is 0.00124. The molecule has 4 saturated heterocycles. The summed E-state index contributed by atoms with van der Waals surface area (Å²) in [5, 5.41) is 78.3. The molecule has 12 atom stereocenters. The van der Waals surface area contributed by atoms with Gasteiger partial charge in [-0.3, -0.25) is 18.7 Å². The van der Waals surface area contributed by atoms with Crippen molar-refractivity contribution in [2.45, 2.75) is 207 Å². The fourth-order valence-corrected chi connectivity index (χ4v) is 18.7. The van der Waals surface area contributed by atoms with Gasteiger partial charge >= 0.3 is 0 Å². The topological polar surface area (TPSA) is 469 Å². The van der Waals surface area contributed by atoms with E-state index in [9.17, 15) is 42.4 Å². The van der Waals surface area contributed by atoms with E-state index in [1.54, 1.807) is 32.4 Å². The number of anilines is 8. The summed E-state index contributed by atoms with van der Waals surface area (Å²) < 4.78 is 99.9. The van der Waals surface area contributed by atoms with Gasteiger partial charge in [0.15, 0.2) is 63.3 Å². The van der Waals surface area contributed by atoms with Gasteiger partial charge in [0.25, 0.3) is 0 Å². The molecule has 135 heavy (non-hydrogen) atoms. The second-order valence-electron chi connectivity index (χ2n) is 35.8. The Kier molecular flexibility index (Phi) is 25.9. The van der Waals surface area contributed by atoms with E-state index < -0.39 is 53.5 Å². The van der Waals surface area contributed by atoms with E-state index in [-0.39, 0.29) is 93.9 Å². The molecule has 16 heterocycles. The Bertz CT molecular complexity index is 6890. The Hall–Kier alpha value is -13.8. The number of halogens is 5. The number of ether oxygens (including phenoxy) is 3. The van der Waals surface area contributed by atoms with Gasteiger partial charge in [-0.2, -0.15) is 38.5 Å². The third kappa shape index (κ3) is 17.8. The highest BCUT2D eigenvalue weighted by molar-refractivity contribution is 5.98. The normalized spacial score (nSPS) is 18.6. The lowest BCUT2D eigenvalue weighted by Gasteiger charge is -2.33. The maximum absolute atomic E-state index is 14.4. The third-order valence-corrected chi connectivity index (χ3v) is 26.9. The second kappa shape index (κ2) is 37.6. The van der Waals surface area contributed by atoms with Gasteiger partial charge in [-0.15, -0.1) is 20.4 Å². The Morgan fingerprint density at radius 2 is 0.674 bits per heavy atom. The number of rotatable bonds is 19. The van der Waals surface area contributed by atoms with Crippen LogP contribution in [0.2, 0.25) is 0 Å². The number of benzene rings is 4. The molecule has 4 aliphatic rings. The van der Waals surface area contributed by atoms with Crippen molar-refractivity contribution in [3.63, 3.8) is 0 Å². The Morgan fingerprint density at radius 1 is 0.356 bits per heavy atom. The molecule has 12 aromatic heterocycles. The zero-order valence-corrected chi connectivity index (χ0v) is 77.9. The van der Waals surface area contributed by atoms with Crippen molar-refractivity contribution in [1.29, 1.82) is 0 Å². The van der Waals surface area contributed by atoms with Crippen molar-refractivity contribution < 1.29 is 56.6 Å². The quantitative estimate of drug-likeness (QED) is 0.0349. The van der Waals surface area contributed by atoms with Crippen LogP contribution in [0.25, 0.3) is 66.2 Å². The number of hydrogen-bond acceptors (Lipinski definition) is 31. The first-order chi connectivity index (χ1) is 64.6. The van der Waals surface area contributed by atoms with Crippen LogP contribution in [0, 0.1) is 56.8 Å². The predicted molar refractivity (Wildman–Crippen MR) is 500 cm³/mol. The van der Waals surface area contributed by atoms with Gasteiger partial charge in [0.1, 0.15) is 45.5 Å². The summed E-state index contributed by atoms with van der Waals surface area (Å²) in [5.74, 6) is 1.09. The van der Waals surface area contributed by atoms with Crippen LogP contribution in [0.15, 0.2) is 73.3 Å². The lowest BCUT2D eigenvalue weighted by molar-refractivity contribution is 0.131. The van der Waals surface area contributed by atoms with Crippen molar-refractivity contribution in [3.8, 4) is 17.2 Å². The number of nitrogens with zero attached hydrogens (tertiary/aromatic N) is 28. The third-order valence-electron chi connectivity index (χ3n) is 26.9. The molecule has 0 radical (unpaired) electrons. The summed E-state index contributed by atoms with van der Waals surface area (Å²) in [5.41, 5.74) is 35.7. The summed E-state index contributed by atoms with van der Waals surface area (Å²) >= 11 is 0. The molecule has 20 rings (SSSR count). The van der Waals surface area contributed by atoms with Gasteiger partial charge in [0.2, 0.25) is 23.8 Å². The number of aliphatic hydroxyl groups excluding tert-OH is 4. The molecule has 714 valence electrons. The highest BCUT2D eigenvalue weighted by Crippen LogP contribution is 2.41. The monoisotopic (exact) mass is 1860 g/mol. The van der Waals surface area contributed by atoms with Crippen molar-refractivity contribution in [3.05, 3.63) is 148 Å². The first kappa shape index (κ1) is 93.1. The fourth-order valence-electron chi connectivity index (χ4n) is 18.7. The number of nitrogens with two attached hydrogens (primary N) is 4. The van der Waals surface area contributed by atoms with Gasteiger partial charge in [0.05, 0.1) is 156 Å². The van der Waals surface area contributed by atoms with Crippen molar-refractivity contribution in [1.82, 2.24) is 117 Å². The van der Waals surface area contributed by atoms with Crippen LogP contribution in [-0.2, 0) is 0 Å². The minimum Gasteiger partial charge on any atom is -0.494 e. The molecule has 4 aromatic carbocycles. The average molecular weight is 1860 g/mol. The lowest BCUT2D eigenvalue weighted by atomic mass is 9.97. The zero-order valence-electron chi connectivity index (χ0n) is 77.9. The average Bonchev–Trinajstić information content (AvgIpc) is 1.66. The molecule has 0 saturated carbocycles. The van der Waals surface area contributed by atoms with E-state index in [0.717, 1.165) is 149 Å². The molecule has 0 spiro atoms. The maximum atomic E-state index is 14.4. The van der Waals surface area contributed by atoms with Gasteiger partial charge in [-0.1, -0.05) is 0 Å². The molecular formula is C91H113F5N32O7. The SMILES string of the molecule is COc1cc(F)cc2c1nc(N)n1nc([C@@H]3CCCN(c4cnn([C@@H](C)[C@H](C)O)c4C)C3)nc21.COc1cc(F)cc2c1nc(N)n1nc([C@@H]3CCCN(c4cnn([C@H](C)[C@@H](C)O)c4C)C3)nc21.COc1cc2nc(N)n3nc([C@@H]4CCCN(c5cnn([C@@H](C)[C@H](C)O)c5C)C4)nc3c2cc1F.Cc1nn([C@H](C)[C@@H](C)O)cc1N1CCC[C@@H](c2nc3c4cc(F)cc(F)c4nc(N)n3n2)C1. The van der Waals surface area contributed by atoms with E-state index in [1.807, 2.05) is 94.2 Å². The van der Waals surface area contributed by atoms with Crippen LogP contribution in [0.3, 0.4) is 0 Å². The summed E-state index contributed by atoms with van der Waals surface area (Å²) in [6, 6.07) is 9.71. The fraction of sp³-hybridized carbons (Fsp3) is 0.473. The van der Waals surface area contributed by atoms with Crippen molar-refractivity contribution in [2.75, 3.05) is 116 Å². The van der Waals surface area contributed by atoms with Crippen LogP contribution >= 0.6 is 0 Å². The highest BCUT2D eigenvalue weighted by Gasteiger charge is 2.36. The zero-order chi connectivity index (χ0) is 95.9. The number of piperidine rings is 4. The number of nitrogen functional groups attached to an aromatic ring is 4. The number of aryl methyl sites for hydroxylation is 1. The molecule has 39 nitrogen and oxygen atoms in total. The molecule has 0 unspecified atom stereocenters. The van der Waals surface area contributed by atoms with Crippen LogP contribution in [0.4, 0.5) is 68.5 Å². The molecule has 16 aromatic rings. The van der Waals surface area contributed by atoms with Gasteiger partial charge in [0, 0.05) is 112 Å². The molecule has 0 aliphatic carbocycles. The molecule has 0 bridgehead atoms. The smallest absolute Gasteiger partial charge is 0.223 e. The summed E-state index contributed by atoms with van der Waals surface area (Å²) in [6.07, 6.45) is 13.0. The minimum atomic E-state index is -0.786. The number of aliphatic hydroxyl groups is 4. The Balaban J connectivity index is 0.000000125. The number of hydrogen-bond donors (Lipinski definition) is 8. The van der Waals surface area contributed by atoms with Gasteiger partial charge < -0.3 is 77.2 Å². The van der Waals surface area contributed by atoms with E-state index in [1.165, 1.54) is 81.9 Å². The maximum Gasteiger partial charge on any atom is 0.223 e. The molecule has 4 fully saturated rings. The van der Waals surface area contributed by atoms with E-state index in [2.05, 4.69) is 85.3 Å². The molecule has 12 N–H and O–H groups in total. The first-order valence-electron chi connectivity index (χ1n) is 45.4. The Labute approximate surface area is 771 Å². The van der Waals surface area contributed by atoms with E-state index >= 15 is 0 Å². The molecule has 4 aliphatic heterocycles. The largest absolute Gasteiger partial charge is 0.494 e. The number of fused-ring (bicyclic) bond motifs is 12. The first-order valence-corrected chi connectivity index (χ1v) is 45.4. The molecular weight excluding hydrogens is 1750 g/mol. The summed E-state index contributed by atoms with van der Waals surface area (Å²) in [4.78, 5) is 45.3. The van der Waals surface area contributed by atoms with E-state index in [0.29, 0.717) is 91.0 Å². The van der Waals surface area contributed by atoms with Crippen LogP contribution in [-0.4, -0.2) is 236 Å². The van der Waals surface area contributed by atoms with Gasteiger partial charge in [-0.25, -0.2) is 61.8 Å². The van der Waals surface area contributed by atoms with E-state index in [4.69, 9.17) is 52.1 Å². The number of methoxy groups -OCH3 is 3. The van der Waals surface area contributed by atoms with Crippen molar-refractivity contribution in [2.24, 2.45) is 0 Å². The second-order valence-corrected chi connectivity index (χ2v) is 35.8. The van der Waals surface area contributed by atoms with Crippen LogP contribution in [0.1, 0.15) is 201 Å². The summed E-state index contributed by atoms with van der Waals surface area (Å²) in [6.45, 7) is 29.2. The molecule has 0 amide bonds. The summed E-state index contributed by atoms with van der Waals surface area (Å²) in [7, 11) is 4.34. The number of aromatic nitrogens is 24. The van der Waals surface area contributed by atoms with Crippen molar-refractivity contribution >= 4 is 113 Å². The molecule has 44 heteroatoms. The predicted octanol–water partition coefficient (Wildman–Crippen LogP) is 11.5. The lowest BCUT2D eigenvalue weighted by Crippen LogP contribution is -2.35. The van der Waals surface area contributed by atoms with Gasteiger partial charge in [-0.05, 0) is 159 Å². The highest BCUT2D eigenvalue weighted by atomic mass is 19.1. The standard InChI is InChI=1S/3C23H29FN8O2.C22H26F2N8O/c1-12(14(3)33)31-13(2)19(10-26-31)30-7-5-6-15(11-30)21-28-22-16-8-17(24)20(34-4)9-18(16)27-23(25)32(22)29-21;2*1-12(14(3)33)31-13(2)18(10-26-31)30-7-5-6-15(11-30)21-28-22-17-8-16(24)9-19(34-4)20(17)27-23(25)32(22)29-21;1-11-18(10-31(28-11)12(2)13(3)33)30-6-4-5-14(9-30)20-27-21-16-7-15(23)8-17(24)19(16)26-22(25)32(21)29-20/h3*8-10,12,14-15,33H,5-7,11H2,1-4H3,(H2,25,27);7-8,10,12-14,33H,4-6,9H2,1-3H3,(H2,25,26)/t2*12-,14-,15+;12-,14-,15-;12-,13-,14-/m0011/s1. The van der Waals surface area contributed by atoms with Crippen LogP contribution < -0.4 is 56.7 Å². The van der Waals surface area contributed by atoms with Crippen LogP contribution in [0.5, 0.6) is 17.2 Å². The Morgan fingerprint density at radius 3 is 1.02 bits per heavy atom.